The Kier molecular flexibility index (Phi) is 3.46. The van der Waals surface area contributed by atoms with Crippen molar-refractivity contribution in [1.29, 1.82) is 0 Å². The van der Waals surface area contributed by atoms with E-state index >= 15 is 0 Å². The van der Waals surface area contributed by atoms with Gasteiger partial charge in [-0.05, 0) is 36.1 Å². The van der Waals surface area contributed by atoms with Crippen molar-refractivity contribution in [3.63, 3.8) is 0 Å². The quantitative estimate of drug-likeness (QED) is 0.746. The first kappa shape index (κ1) is 12.8. The molecule has 3 nitrogen and oxygen atoms in total. The third kappa shape index (κ3) is 2.41. The van der Waals surface area contributed by atoms with Gasteiger partial charge in [0.1, 0.15) is 0 Å². The van der Waals surface area contributed by atoms with Gasteiger partial charge in [0.15, 0.2) is 0 Å². The fraction of sp³-hybridized carbons (Fsp3) is 0.250. The Morgan fingerprint density at radius 3 is 2.30 bits per heavy atom. The molecule has 0 spiro atoms. The van der Waals surface area contributed by atoms with E-state index in [0.29, 0.717) is 13.1 Å². The molecule has 1 aliphatic rings. The van der Waals surface area contributed by atoms with Crippen LogP contribution in [0.4, 0.5) is 4.39 Å². The van der Waals surface area contributed by atoms with Gasteiger partial charge in [0.25, 0.3) is 5.91 Å². The molecular weight excluding hydrogens is 255 g/mol. The minimum Gasteiger partial charge on any atom is -0.338 e. The number of fused-ring (bicyclic) bond motifs is 1. The number of benzene rings is 1. The second kappa shape index (κ2) is 5.41. The minimum atomic E-state index is -0.695. The molecule has 0 saturated heterocycles. The summed E-state index contributed by atoms with van der Waals surface area (Å²) in [6.45, 7) is 1.23. The van der Waals surface area contributed by atoms with Gasteiger partial charge >= 0.3 is 0 Å². The molecular formula is C16H15FN2O. The van der Waals surface area contributed by atoms with Gasteiger partial charge in [-0.25, -0.2) is 4.98 Å². The highest BCUT2D eigenvalue weighted by Gasteiger charge is 2.22. The zero-order valence-corrected chi connectivity index (χ0v) is 11.1. The highest BCUT2D eigenvalue weighted by Crippen LogP contribution is 2.17. The number of carbonyl (C=O) groups is 1. The number of hydrogen-bond acceptors (Lipinski definition) is 2. The van der Waals surface area contributed by atoms with Crippen LogP contribution in [0.1, 0.15) is 21.5 Å². The summed E-state index contributed by atoms with van der Waals surface area (Å²) in [5.74, 6) is -0.970. The lowest BCUT2D eigenvalue weighted by Crippen LogP contribution is -2.34. The summed E-state index contributed by atoms with van der Waals surface area (Å²) in [7, 11) is 0. The van der Waals surface area contributed by atoms with Crippen molar-refractivity contribution in [2.24, 2.45) is 0 Å². The average Bonchev–Trinajstić information content (AvgIpc) is 2.70. The first-order chi connectivity index (χ1) is 9.75. The lowest BCUT2D eigenvalue weighted by atomic mass is 10.0. The van der Waals surface area contributed by atoms with E-state index in [9.17, 15) is 9.18 Å². The van der Waals surface area contributed by atoms with Gasteiger partial charge in [0.2, 0.25) is 5.95 Å². The molecule has 0 saturated carbocycles. The summed E-state index contributed by atoms with van der Waals surface area (Å²) in [5.41, 5.74) is 2.60. The highest BCUT2D eigenvalue weighted by molar-refractivity contribution is 5.94. The number of pyridine rings is 1. The van der Waals surface area contributed by atoms with E-state index in [4.69, 9.17) is 0 Å². The van der Waals surface area contributed by atoms with Crippen LogP contribution in [0, 0.1) is 5.95 Å². The van der Waals surface area contributed by atoms with Crippen molar-refractivity contribution in [2.45, 2.75) is 12.8 Å². The molecule has 102 valence electrons. The summed E-state index contributed by atoms with van der Waals surface area (Å²) in [4.78, 5) is 17.6. The maximum atomic E-state index is 13.6. The lowest BCUT2D eigenvalue weighted by molar-refractivity contribution is 0.0757. The van der Waals surface area contributed by atoms with Gasteiger partial charge in [-0.2, -0.15) is 4.39 Å². The molecule has 20 heavy (non-hydrogen) atoms. The monoisotopic (exact) mass is 270 g/mol. The molecule has 2 aromatic rings. The summed E-state index contributed by atoms with van der Waals surface area (Å²) in [6, 6.07) is 11.3. The van der Waals surface area contributed by atoms with Crippen LogP contribution in [0.5, 0.6) is 0 Å². The van der Waals surface area contributed by atoms with Crippen LogP contribution >= 0.6 is 0 Å². The molecule has 1 aliphatic heterocycles. The molecule has 0 atom stereocenters. The standard InChI is InChI=1S/C16H15FN2O/c17-15-14(6-3-9-18-15)16(20)19-10-7-12-4-1-2-5-13(12)8-11-19/h1-6,9H,7-8,10-11H2. The van der Waals surface area contributed by atoms with Crippen LogP contribution in [0.2, 0.25) is 0 Å². The van der Waals surface area contributed by atoms with Crippen LogP contribution in [0.3, 0.4) is 0 Å². The van der Waals surface area contributed by atoms with E-state index in [0.717, 1.165) is 12.8 Å². The number of hydrogen-bond donors (Lipinski definition) is 0. The number of aromatic nitrogens is 1. The van der Waals surface area contributed by atoms with E-state index in [1.807, 2.05) is 12.1 Å². The molecule has 0 radical (unpaired) electrons. The Hall–Kier alpha value is -2.23. The van der Waals surface area contributed by atoms with E-state index in [2.05, 4.69) is 17.1 Å². The van der Waals surface area contributed by atoms with Gasteiger partial charge < -0.3 is 4.90 Å². The zero-order valence-electron chi connectivity index (χ0n) is 11.1. The third-order valence-corrected chi connectivity index (χ3v) is 3.70. The van der Waals surface area contributed by atoms with Crippen molar-refractivity contribution >= 4 is 5.91 Å². The van der Waals surface area contributed by atoms with Crippen molar-refractivity contribution in [1.82, 2.24) is 9.88 Å². The number of amides is 1. The minimum absolute atomic E-state index is 0.0541. The SMILES string of the molecule is O=C(c1cccnc1F)N1CCc2ccccc2CC1. The molecule has 0 aliphatic carbocycles. The molecule has 0 N–H and O–H groups in total. The Morgan fingerprint density at radius 1 is 1.05 bits per heavy atom. The Labute approximate surface area is 117 Å². The third-order valence-electron chi connectivity index (χ3n) is 3.70. The zero-order chi connectivity index (χ0) is 13.9. The Morgan fingerprint density at radius 2 is 1.70 bits per heavy atom. The lowest BCUT2D eigenvalue weighted by Gasteiger charge is -2.20. The predicted molar refractivity (Wildman–Crippen MR) is 73.9 cm³/mol. The topological polar surface area (TPSA) is 33.2 Å². The molecule has 4 heteroatoms. The Bertz CT molecular complexity index is 615. The highest BCUT2D eigenvalue weighted by atomic mass is 19.1. The summed E-state index contributed by atoms with van der Waals surface area (Å²) < 4.78 is 13.6. The normalized spacial score (nSPS) is 14.6. The maximum absolute atomic E-state index is 13.6. The first-order valence-corrected chi connectivity index (χ1v) is 6.72. The van der Waals surface area contributed by atoms with E-state index in [1.54, 1.807) is 11.0 Å². The number of nitrogens with zero attached hydrogens (tertiary/aromatic N) is 2. The van der Waals surface area contributed by atoms with E-state index in [-0.39, 0.29) is 11.5 Å². The van der Waals surface area contributed by atoms with Crippen molar-refractivity contribution < 1.29 is 9.18 Å². The van der Waals surface area contributed by atoms with Gasteiger partial charge in [-0.3, -0.25) is 4.79 Å². The van der Waals surface area contributed by atoms with Gasteiger partial charge in [-0.15, -0.1) is 0 Å². The Balaban J connectivity index is 1.80. The second-order valence-corrected chi connectivity index (χ2v) is 4.90. The van der Waals surface area contributed by atoms with Gasteiger partial charge in [0, 0.05) is 19.3 Å². The molecule has 2 heterocycles. The van der Waals surface area contributed by atoms with Crippen LogP contribution in [-0.4, -0.2) is 28.9 Å². The number of halogens is 1. The van der Waals surface area contributed by atoms with Gasteiger partial charge in [0.05, 0.1) is 5.56 Å². The molecule has 0 bridgehead atoms. The smallest absolute Gasteiger partial charge is 0.258 e. The van der Waals surface area contributed by atoms with E-state index < -0.39 is 5.95 Å². The molecule has 1 aromatic heterocycles. The molecule has 0 unspecified atom stereocenters. The number of rotatable bonds is 1. The van der Waals surface area contributed by atoms with Gasteiger partial charge in [-0.1, -0.05) is 24.3 Å². The largest absolute Gasteiger partial charge is 0.338 e. The summed E-state index contributed by atoms with van der Waals surface area (Å²) in [6.07, 6.45) is 2.97. The fourth-order valence-corrected chi connectivity index (χ4v) is 2.59. The van der Waals surface area contributed by atoms with Crippen molar-refractivity contribution in [2.75, 3.05) is 13.1 Å². The number of carbonyl (C=O) groups excluding carboxylic acids is 1. The summed E-state index contributed by atoms with van der Waals surface area (Å²) in [5, 5.41) is 0. The first-order valence-electron chi connectivity index (χ1n) is 6.72. The molecule has 0 fully saturated rings. The maximum Gasteiger partial charge on any atom is 0.258 e. The van der Waals surface area contributed by atoms with Crippen LogP contribution in [0.15, 0.2) is 42.6 Å². The molecule has 3 rings (SSSR count). The summed E-state index contributed by atoms with van der Waals surface area (Å²) >= 11 is 0. The van der Waals surface area contributed by atoms with Crippen LogP contribution in [0.25, 0.3) is 0 Å². The van der Waals surface area contributed by atoms with Crippen LogP contribution < -0.4 is 0 Å². The second-order valence-electron chi connectivity index (χ2n) is 4.90. The average molecular weight is 270 g/mol. The molecule has 1 aromatic carbocycles. The molecule has 1 amide bonds. The predicted octanol–water partition coefficient (Wildman–Crippen LogP) is 2.46. The van der Waals surface area contributed by atoms with E-state index in [1.165, 1.54) is 23.4 Å². The van der Waals surface area contributed by atoms with Crippen LogP contribution in [-0.2, 0) is 12.8 Å². The fourth-order valence-electron chi connectivity index (χ4n) is 2.59. The van der Waals surface area contributed by atoms with Crippen molar-refractivity contribution in [3.05, 3.63) is 65.2 Å². The van der Waals surface area contributed by atoms with Crippen molar-refractivity contribution in [3.8, 4) is 0 Å².